The van der Waals surface area contributed by atoms with Crippen molar-refractivity contribution in [1.82, 2.24) is 4.98 Å². The normalized spacial score (nSPS) is 11.8. The van der Waals surface area contributed by atoms with E-state index in [0.717, 1.165) is 21.7 Å². The fourth-order valence-corrected chi connectivity index (χ4v) is 2.65. The molecule has 1 N–H and O–H groups in total. The maximum absolute atomic E-state index is 9.04. The van der Waals surface area contributed by atoms with Crippen molar-refractivity contribution in [2.24, 2.45) is 0 Å². The Labute approximate surface area is 119 Å². The number of nitriles is 1. The Balaban J connectivity index is 2.06. The van der Waals surface area contributed by atoms with Crippen LogP contribution < -0.4 is 5.32 Å². The number of nitrogens with zero attached hydrogens (tertiary/aromatic N) is 2. The number of aromatic nitrogens is 1. The van der Waals surface area contributed by atoms with Gasteiger partial charge in [-0.1, -0.05) is 22.9 Å². The molecule has 0 bridgehead atoms. The second kappa shape index (κ2) is 5.98. The Hall–Kier alpha value is -1.38. The molecule has 0 saturated carbocycles. The summed E-state index contributed by atoms with van der Waals surface area (Å²) in [6.45, 7) is 2.88. The van der Waals surface area contributed by atoms with Crippen molar-refractivity contribution < 1.29 is 0 Å². The van der Waals surface area contributed by atoms with Gasteiger partial charge in [-0.15, -0.1) is 11.3 Å². The molecule has 2 rings (SSSR count). The van der Waals surface area contributed by atoms with Gasteiger partial charge in [0.15, 0.2) is 0 Å². The molecule has 18 heavy (non-hydrogen) atoms. The van der Waals surface area contributed by atoms with Crippen molar-refractivity contribution in [1.29, 1.82) is 5.26 Å². The van der Waals surface area contributed by atoms with E-state index in [1.165, 1.54) is 0 Å². The Morgan fingerprint density at radius 1 is 1.56 bits per heavy atom. The van der Waals surface area contributed by atoms with E-state index in [2.05, 4.69) is 39.2 Å². The average Bonchev–Trinajstić information content (AvgIpc) is 2.90. The first-order chi connectivity index (χ1) is 8.70. The third kappa shape index (κ3) is 3.09. The van der Waals surface area contributed by atoms with E-state index in [-0.39, 0.29) is 0 Å². The summed E-state index contributed by atoms with van der Waals surface area (Å²) >= 11 is 5.07. The van der Waals surface area contributed by atoms with Crippen LogP contribution in [0, 0.1) is 11.3 Å². The number of anilines is 1. The second-order valence-corrected chi connectivity index (χ2v) is 5.80. The van der Waals surface area contributed by atoms with Crippen LogP contribution in [0.25, 0.3) is 0 Å². The number of benzene rings is 1. The molecular weight excluding hydrogens is 310 g/mol. The smallest absolute Gasteiger partial charge is 0.101 e. The van der Waals surface area contributed by atoms with Crippen molar-refractivity contribution in [3.63, 3.8) is 0 Å². The predicted molar refractivity (Wildman–Crippen MR) is 77.9 cm³/mol. The number of nitrogens with one attached hydrogen (secondary N) is 1. The van der Waals surface area contributed by atoms with Gasteiger partial charge in [-0.3, -0.25) is 0 Å². The van der Waals surface area contributed by atoms with Gasteiger partial charge in [0.05, 0.1) is 16.3 Å². The molecule has 0 radical (unpaired) electrons. The third-order valence-electron chi connectivity index (χ3n) is 2.57. The summed E-state index contributed by atoms with van der Waals surface area (Å²) in [4.78, 5) is 4.29. The Morgan fingerprint density at radius 2 is 2.39 bits per heavy atom. The first kappa shape index (κ1) is 13.1. The Kier molecular flexibility index (Phi) is 4.34. The molecule has 0 aliphatic heterocycles. The molecule has 0 saturated heterocycles. The number of hydrogen-bond donors (Lipinski definition) is 1. The van der Waals surface area contributed by atoms with E-state index in [1.807, 2.05) is 23.7 Å². The van der Waals surface area contributed by atoms with Gasteiger partial charge in [0.2, 0.25) is 0 Å². The van der Waals surface area contributed by atoms with E-state index in [9.17, 15) is 0 Å². The molecule has 0 aliphatic rings. The third-order valence-corrected chi connectivity index (χ3v) is 4.07. The number of rotatable bonds is 4. The lowest BCUT2D eigenvalue weighted by atomic mass is 10.1. The zero-order valence-electron chi connectivity index (χ0n) is 9.85. The van der Waals surface area contributed by atoms with Crippen LogP contribution >= 0.6 is 27.3 Å². The SMILES string of the molecule is CC(CNc1cc(Br)ccc1C#N)c1nccs1. The van der Waals surface area contributed by atoms with Gasteiger partial charge in [-0.05, 0) is 18.2 Å². The largest absolute Gasteiger partial charge is 0.383 e. The molecule has 1 aromatic heterocycles. The Morgan fingerprint density at radius 3 is 3.06 bits per heavy atom. The van der Waals surface area contributed by atoms with E-state index < -0.39 is 0 Å². The molecule has 1 atom stereocenters. The summed E-state index contributed by atoms with van der Waals surface area (Å²) in [5, 5.41) is 15.4. The fraction of sp³-hybridized carbons (Fsp3) is 0.231. The molecule has 1 unspecified atom stereocenters. The van der Waals surface area contributed by atoms with Gasteiger partial charge in [0, 0.05) is 28.5 Å². The predicted octanol–water partition coefficient (Wildman–Crippen LogP) is 3.99. The van der Waals surface area contributed by atoms with Crippen molar-refractivity contribution in [3.8, 4) is 6.07 Å². The summed E-state index contributed by atoms with van der Waals surface area (Å²) in [6.07, 6.45) is 1.82. The molecule has 1 aromatic carbocycles. The quantitative estimate of drug-likeness (QED) is 0.926. The summed E-state index contributed by atoms with van der Waals surface area (Å²) in [5.74, 6) is 0.329. The van der Waals surface area contributed by atoms with Crippen LogP contribution in [-0.4, -0.2) is 11.5 Å². The van der Waals surface area contributed by atoms with Gasteiger partial charge in [-0.2, -0.15) is 5.26 Å². The lowest BCUT2D eigenvalue weighted by Crippen LogP contribution is -2.10. The minimum Gasteiger partial charge on any atom is -0.383 e. The fourth-order valence-electron chi connectivity index (χ4n) is 1.59. The number of hydrogen-bond acceptors (Lipinski definition) is 4. The van der Waals surface area contributed by atoms with Crippen LogP contribution in [0.15, 0.2) is 34.2 Å². The molecule has 3 nitrogen and oxygen atoms in total. The topological polar surface area (TPSA) is 48.7 Å². The molecule has 0 amide bonds. The average molecular weight is 322 g/mol. The van der Waals surface area contributed by atoms with Gasteiger partial charge >= 0.3 is 0 Å². The van der Waals surface area contributed by atoms with Crippen LogP contribution in [0.1, 0.15) is 23.4 Å². The highest BCUT2D eigenvalue weighted by atomic mass is 79.9. The van der Waals surface area contributed by atoms with E-state index in [0.29, 0.717) is 11.5 Å². The van der Waals surface area contributed by atoms with Crippen molar-refractivity contribution in [2.45, 2.75) is 12.8 Å². The number of halogens is 1. The highest BCUT2D eigenvalue weighted by Crippen LogP contribution is 2.23. The van der Waals surface area contributed by atoms with Crippen LogP contribution in [-0.2, 0) is 0 Å². The molecule has 1 heterocycles. The Bertz CT molecular complexity index is 560. The van der Waals surface area contributed by atoms with E-state index in [4.69, 9.17) is 5.26 Å². The van der Waals surface area contributed by atoms with E-state index in [1.54, 1.807) is 17.4 Å². The first-order valence-electron chi connectivity index (χ1n) is 5.53. The molecule has 92 valence electrons. The van der Waals surface area contributed by atoms with Gasteiger partial charge in [-0.25, -0.2) is 4.98 Å². The van der Waals surface area contributed by atoms with Gasteiger partial charge in [0.1, 0.15) is 6.07 Å². The molecule has 0 aliphatic carbocycles. The van der Waals surface area contributed by atoms with Crippen molar-refractivity contribution in [3.05, 3.63) is 44.8 Å². The maximum atomic E-state index is 9.04. The highest BCUT2D eigenvalue weighted by molar-refractivity contribution is 9.10. The molecule has 2 aromatic rings. The summed E-state index contributed by atoms with van der Waals surface area (Å²) in [7, 11) is 0. The van der Waals surface area contributed by atoms with Gasteiger partial charge < -0.3 is 5.32 Å². The summed E-state index contributed by atoms with van der Waals surface area (Å²) in [5.41, 5.74) is 1.51. The lowest BCUT2D eigenvalue weighted by molar-refractivity contribution is 0.795. The van der Waals surface area contributed by atoms with E-state index >= 15 is 0 Å². The standard InChI is InChI=1S/C13H12BrN3S/c1-9(13-16-4-5-18-13)8-17-12-6-11(14)3-2-10(12)7-15/h2-6,9,17H,8H2,1H3. The summed E-state index contributed by atoms with van der Waals surface area (Å²) in [6, 6.07) is 7.78. The maximum Gasteiger partial charge on any atom is 0.101 e. The molecule has 0 fully saturated rings. The zero-order chi connectivity index (χ0) is 13.0. The number of thiazole rings is 1. The van der Waals surface area contributed by atoms with Crippen LogP contribution in [0.3, 0.4) is 0 Å². The van der Waals surface area contributed by atoms with Crippen molar-refractivity contribution in [2.75, 3.05) is 11.9 Å². The molecule has 0 spiro atoms. The van der Waals surface area contributed by atoms with Crippen LogP contribution in [0.4, 0.5) is 5.69 Å². The van der Waals surface area contributed by atoms with Crippen LogP contribution in [0.2, 0.25) is 0 Å². The van der Waals surface area contributed by atoms with Crippen molar-refractivity contribution >= 4 is 33.0 Å². The lowest BCUT2D eigenvalue weighted by Gasteiger charge is -2.12. The minimum absolute atomic E-state index is 0.329. The van der Waals surface area contributed by atoms with Gasteiger partial charge in [0.25, 0.3) is 0 Å². The monoisotopic (exact) mass is 321 g/mol. The highest BCUT2D eigenvalue weighted by Gasteiger charge is 2.09. The second-order valence-electron chi connectivity index (χ2n) is 3.95. The molecule has 5 heteroatoms. The molecular formula is C13H12BrN3S. The summed E-state index contributed by atoms with van der Waals surface area (Å²) < 4.78 is 0.964. The van der Waals surface area contributed by atoms with Crippen LogP contribution in [0.5, 0.6) is 0 Å². The minimum atomic E-state index is 0.329. The first-order valence-corrected chi connectivity index (χ1v) is 7.21. The zero-order valence-corrected chi connectivity index (χ0v) is 12.3.